The second-order valence-corrected chi connectivity index (χ2v) is 0.922. The molecular weight excluding hydrogens is 112 g/mol. The van der Waals surface area contributed by atoms with Gasteiger partial charge in [-0.25, -0.2) is 14.3 Å². The van der Waals surface area contributed by atoms with E-state index in [-0.39, 0.29) is 0 Å². The minimum absolute atomic E-state index is 0.431. The lowest BCUT2D eigenvalue weighted by Gasteiger charge is -1.96. The van der Waals surface area contributed by atoms with Gasteiger partial charge in [0, 0.05) is 0 Å². The van der Waals surface area contributed by atoms with Crippen LogP contribution in [-0.2, 0) is 0 Å². The first-order chi connectivity index (χ1) is 4.63. The Hall–Kier alpha value is -1.46. The molecule has 0 spiro atoms. The van der Waals surface area contributed by atoms with Crippen LogP contribution >= 0.6 is 0 Å². The number of imide groups is 1. The molecule has 0 aliphatic carbocycles. The van der Waals surface area contributed by atoms with Crippen molar-refractivity contribution >= 4 is 12.1 Å². The summed E-state index contributed by atoms with van der Waals surface area (Å²) in [7, 11) is 0. The Morgan fingerprint density at radius 1 is 1.50 bits per heavy atom. The Morgan fingerprint density at radius 2 is 1.88 bits per heavy atom. The first-order valence-electron chi connectivity index (χ1n) is 2.56. The van der Waals surface area contributed by atoms with Gasteiger partial charge in [-0.2, -0.15) is 0 Å². The predicted octanol–water partition coefficient (Wildman–Crippen LogP) is -0.822. The molecule has 4 N–H and O–H groups in total. The molecule has 4 amide bonds. The van der Waals surface area contributed by atoms with Crippen molar-refractivity contribution in [3.05, 3.63) is 5.53 Å². The number of rotatable bonds is 0. The van der Waals surface area contributed by atoms with E-state index in [1.54, 1.807) is 0 Å². The predicted molar refractivity (Wildman–Crippen MR) is 22.8 cm³/mol. The van der Waals surface area contributed by atoms with Crippen LogP contribution in [0.2, 0.25) is 2.82 Å². The zero-order chi connectivity index (χ0) is 8.15. The number of hydrogen-bond donors (Lipinski definition) is 2. The summed E-state index contributed by atoms with van der Waals surface area (Å²) >= 11 is 0. The fraction of sp³-hybridized carbons (Fsp3) is 0. The fourth-order valence-corrected chi connectivity index (χ4v) is 0.0922. The maximum atomic E-state index is 10.1. The number of carbonyl (C=O) groups is 2. The summed E-state index contributed by atoms with van der Waals surface area (Å²) < 4.78 is 11.9. The van der Waals surface area contributed by atoms with Crippen molar-refractivity contribution in [2.45, 2.75) is 0 Å². The molecule has 0 rings (SSSR count). The molecule has 0 bridgehead atoms. The van der Waals surface area contributed by atoms with Gasteiger partial charge in [0.15, 0.2) is 0 Å². The van der Waals surface area contributed by atoms with Gasteiger partial charge in [-0.15, -0.1) is 0 Å². The van der Waals surface area contributed by atoms with Crippen LogP contribution in [-0.4, -0.2) is 16.8 Å². The first-order valence-corrected chi connectivity index (χ1v) is 1.56. The minimum Gasteiger partial charge on any atom is -0.637 e. The van der Waals surface area contributed by atoms with E-state index in [2.05, 4.69) is 0 Å². The van der Waals surface area contributed by atoms with Gasteiger partial charge >= 0.3 is 12.1 Å². The number of nitrogens with two attached hydrogens (primary N) is 2. The summed E-state index contributed by atoms with van der Waals surface area (Å²) in [4.78, 5) is 20.3. The molecule has 0 unspecified atom stereocenters. The summed E-state index contributed by atoms with van der Waals surface area (Å²) in [6, 6.07) is -2.66. The molecule has 0 aliphatic heterocycles. The third kappa shape index (κ3) is 1.33. The van der Waals surface area contributed by atoms with Gasteiger partial charge < -0.3 is 5.53 Å². The molecule has 44 valence electrons. The maximum Gasteiger partial charge on any atom is 0.424 e. The average molecular weight is 118 g/mol. The highest BCUT2D eigenvalue weighted by atomic mass is 16.2. The third-order valence-electron chi connectivity index (χ3n) is 0.385. The average Bonchev–Trinajstić information content (AvgIpc) is 2.00. The van der Waals surface area contributed by atoms with E-state index in [1.165, 1.54) is 11.5 Å². The van der Waals surface area contributed by atoms with Crippen LogP contribution in [0.1, 0.15) is 0 Å². The summed E-state index contributed by atoms with van der Waals surface area (Å²) in [5, 5.41) is 0. The number of primary amides is 2. The van der Waals surface area contributed by atoms with Gasteiger partial charge in [-0.1, -0.05) is 0 Å². The van der Waals surface area contributed by atoms with Crippen molar-refractivity contribution in [1.82, 2.24) is 0 Å². The van der Waals surface area contributed by atoms with Crippen molar-refractivity contribution < 1.29 is 17.1 Å². The highest BCUT2D eigenvalue weighted by molar-refractivity contribution is 5.77. The van der Waals surface area contributed by atoms with Crippen LogP contribution in [0.15, 0.2) is 0 Å². The lowest BCUT2D eigenvalue weighted by atomic mass is 10.9. The van der Waals surface area contributed by atoms with Crippen molar-refractivity contribution in [3.8, 4) is 0 Å². The molecule has 0 aromatic heterocycles. The van der Waals surface area contributed by atoms with Crippen molar-refractivity contribution in [2.24, 2.45) is 11.5 Å². The molecular formula is C2H4N4O2. The molecule has 8 heavy (non-hydrogen) atoms. The minimum atomic E-state index is -1.33. The quantitative estimate of drug-likeness (QED) is 0.319. The molecule has 0 saturated carbocycles. The van der Waals surface area contributed by atoms with Crippen molar-refractivity contribution in [1.29, 1.82) is 0 Å². The molecule has 0 atom stereocenters. The van der Waals surface area contributed by atoms with E-state index in [1.807, 2.05) is 0 Å². The molecule has 0 aromatic rings. The van der Waals surface area contributed by atoms with Crippen LogP contribution in [0.5, 0.6) is 0 Å². The van der Waals surface area contributed by atoms with Crippen LogP contribution in [0, 0.1) is 0 Å². The van der Waals surface area contributed by atoms with E-state index < -0.39 is 16.8 Å². The molecule has 0 fully saturated rings. The Morgan fingerprint density at radius 3 is 2.12 bits per heavy atom. The van der Waals surface area contributed by atoms with Gasteiger partial charge in [0.05, 0.1) is 0 Å². The summed E-state index contributed by atoms with van der Waals surface area (Å²) in [5.41, 5.74) is 10.8. The number of urea groups is 2. The lowest BCUT2D eigenvalue weighted by molar-refractivity contribution is -0.341. The number of amides is 4. The van der Waals surface area contributed by atoms with E-state index in [0.29, 0.717) is 0 Å². The van der Waals surface area contributed by atoms with E-state index in [9.17, 15) is 9.59 Å². The Balaban J connectivity index is 4.09. The summed E-state index contributed by atoms with van der Waals surface area (Å²) in [6.07, 6.45) is 0. The monoisotopic (exact) mass is 118 g/mol. The standard InChI is InChI=1S/C2H4N4O2/c3-1(7)6(5)2(4)8/h(H2,3,7)(H2,4,8)/i/hD2. The Bertz CT molecular complexity index is 162. The normalized spacial score (nSPS) is 10.5. The SMILES string of the molecule is [2H]NC(=O)[N+](=[N-])C(=O)N[2H]. The van der Waals surface area contributed by atoms with Gasteiger partial charge in [0.2, 0.25) is 0 Å². The lowest BCUT2D eigenvalue weighted by Crippen LogP contribution is -2.33. The van der Waals surface area contributed by atoms with Crippen LogP contribution < -0.4 is 11.5 Å². The highest BCUT2D eigenvalue weighted by Gasteiger charge is 2.04. The maximum absolute atomic E-state index is 10.1. The second-order valence-electron chi connectivity index (χ2n) is 0.922. The molecule has 6 nitrogen and oxygen atoms in total. The fourth-order valence-electron chi connectivity index (χ4n) is 0.0922. The Labute approximate surface area is 47.5 Å². The highest BCUT2D eigenvalue weighted by Crippen LogP contribution is 1.70. The molecule has 0 aromatic carbocycles. The molecule has 0 radical (unpaired) electrons. The smallest absolute Gasteiger partial charge is 0.424 e. The van der Waals surface area contributed by atoms with E-state index in [4.69, 9.17) is 8.35 Å². The molecule has 6 heteroatoms. The zero-order valence-corrected chi connectivity index (χ0v) is 3.71. The first kappa shape index (κ1) is 3.53. The zero-order valence-electron chi connectivity index (χ0n) is 5.71. The topological polar surface area (TPSA) is 111 Å². The van der Waals surface area contributed by atoms with Crippen LogP contribution in [0.3, 0.4) is 0 Å². The van der Waals surface area contributed by atoms with Crippen molar-refractivity contribution in [3.63, 3.8) is 0 Å². The van der Waals surface area contributed by atoms with Gasteiger partial charge in [-0.05, 0) is 0 Å². The second kappa shape index (κ2) is 2.01. The number of nitrogens with zero attached hydrogens (tertiary/aromatic N) is 2. The van der Waals surface area contributed by atoms with Crippen molar-refractivity contribution in [2.75, 3.05) is 0 Å². The summed E-state index contributed by atoms with van der Waals surface area (Å²) in [6.45, 7) is 0. The van der Waals surface area contributed by atoms with Gasteiger partial charge in [0.1, 0.15) is 0 Å². The van der Waals surface area contributed by atoms with Crippen LogP contribution in [0.4, 0.5) is 9.59 Å². The number of carbonyl (C=O) groups excluding carboxylic acids is 2. The summed E-state index contributed by atoms with van der Waals surface area (Å²) in [5.74, 6) is 0. The largest absolute Gasteiger partial charge is 0.637 e. The molecule has 0 heterocycles. The van der Waals surface area contributed by atoms with Gasteiger partial charge in [-0.3, -0.25) is 11.5 Å². The number of hydrogen-bond acceptors (Lipinski definition) is 2. The molecule has 0 saturated heterocycles. The molecule has 0 aliphatic rings. The van der Waals surface area contributed by atoms with Crippen LogP contribution in [0.25, 0.3) is 5.53 Å². The van der Waals surface area contributed by atoms with Gasteiger partial charge in [0.25, 0.3) is 2.82 Å². The Kier molecular flexibility index (Phi) is 0.886. The third-order valence-corrected chi connectivity index (χ3v) is 0.385. The van der Waals surface area contributed by atoms with E-state index in [0.717, 1.165) is 0 Å². The van der Waals surface area contributed by atoms with E-state index >= 15 is 0 Å².